The largest absolute Gasteiger partial charge is 0.217 e. The Morgan fingerprint density at radius 2 is 2.19 bits per heavy atom. The summed E-state index contributed by atoms with van der Waals surface area (Å²) in [6.07, 6.45) is 2.26. The normalized spacial score (nSPS) is 10.7. The van der Waals surface area contributed by atoms with Crippen molar-refractivity contribution < 1.29 is 4.39 Å². The van der Waals surface area contributed by atoms with Crippen LogP contribution in [-0.4, -0.2) is 20.9 Å². The summed E-state index contributed by atoms with van der Waals surface area (Å²) in [4.78, 5) is 0. The maximum Gasteiger partial charge on any atom is 0.150 e. The van der Waals surface area contributed by atoms with Gasteiger partial charge in [0, 0.05) is 17.3 Å². The van der Waals surface area contributed by atoms with E-state index < -0.39 is 5.82 Å². The zero-order valence-electron chi connectivity index (χ0n) is 8.20. The number of aryl methyl sites for hydroxylation is 1. The Labute approximate surface area is 102 Å². The summed E-state index contributed by atoms with van der Waals surface area (Å²) in [5.41, 5.74) is 1.04. The first-order chi connectivity index (χ1) is 7.70. The number of hydrogen-bond donors (Lipinski definition) is 0. The summed E-state index contributed by atoms with van der Waals surface area (Å²) in [6, 6.07) is 4.39. The zero-order valence-corrected chi connectivity index (χ0v) is 9.71. The topological polar surface area (TPSA) is 30.7 Å². The van der Waals surface area contributed by atoms with Crippen molar-refractivity contribution in [3.63, 3.8) is 0 Å². The molecule has 6 heteroatoms. The Hall–Kier alpha value is -1.13. The molecule has 1 aromatic carbocycles. The van der Waals surface area contributed by atoms with Crippen LogP contribution in [-0.2, 0) is 6.42 Å². The number of nitrogens with zero attached hydrogens (tertiary/aromatic N) is 3. The minimum atomic E-state index is -0.435. The van der Waals surface area contributed by atoms with Crippen molar-refractivity contribution in [2.75, 3.05) is 5.88 Å². The van der Waals surface area contributed by atoms with E-state index in [0.717, 1.165) is 5.69 Å². The predicted octanol–water partition coefficient (Wildman–Crippen LogP) is 2.84. The second kappa shape index (κ2) is 4.80. The molecular weight excluding hydrogens is 252 g/mol. The van der Waals surface area contributed by atoms with E-state index in [0.29, 0.717) is 23.0 Å². The lowest BCUT2D eigenvalue weighted by molar-refractivity contribution is 0.607. The van der Waals surface area contributed by atoms with Crippen molar-refractivity contribution in [3.05, 3.63) is 40.9 Å². The second-order valence-corrected chi connectivity index (χ2v) is 4.00. The van der Waals surface area contributed by atoms with Crippen LogP contribution in [0.25, 0.3) is 5.69 Å². The van der Waals surface area contributed by atoms with Crippen molar-refractivity contribution in [3.8, 4) is 5.69 Å². The molecule has 2 aromatic rings. The van der Waals surface area contributed by atoms with E-state index in [1.807, 2.05) is 0 Å². The van der Waals surface area contributed by atoms with Gasteiger partial charge in [-0.1, -0.05) is 16.8 Å². The van der Waals surface area contributed by atoms with E-state index in [9.17, 15) is 4.39 Å². The third kappa shape index (κ3) is 2.33. The number of hydrogen-bond acceptors (Lipinski definition) is 2. The van der Waals surface area contributed by atoms with Crippen molar-refractivity contribution in [1.82, 2.24) is 15.0 Å². The third-order valence-corrected chi connectivity index (χ3v) is 2.47. The summed E-state index contributed by atoms with van der Waals surface area (Å²) in [7, 11) is 0. The molecule has 1 aromatic heterocycles. The number of aromatic nitrogens is 3. The fraction of sp³-hybridized carbons (Fsp3) is 0.200. The molecule has 0 aliphatic carbocycles. The lowest BCUT2D eigenvalue weighted by Crippen LogP contribution is -1.98. The Kier molecular flexibility index (Phi) is 3.41. The van der Waals surface area contributed by atoms with Gasteiger partial charge in [0.1, 0.15) is 11.5 Å². The van der Waals surface area contributed by atoms with Gasteiger partial charge in [-0.25, -0.2) is 9.07 Å². The molecule has 16 heavy (non-hydrogen) atoms. The van der Waals surface area contributed by atoms with Gasteiger partial charge in [0.2, 0.25) is 0 Å². The smallest absolute Gasteiger partial charge is 0.150 e. The van der Waals surface area contributed by atoms with E-state index in [1.54, 1.807) is 18.3 Å². The number of halogens is 3. The molecular formula is C10H8Cl2FN3. The summed E-state index contributed by atoms with van der Waals surface area (Å²) in [6.45, 7) is 0. The summed E-state index contributed by atoms with van der Waals surface area (Å²) < 4.78 is 14.9. The van der Waals surface area contributed by atoms with Gasteiger partial charge in [-0.15, -0.1) is 16.7 Å². The minimum absolute atomic E-state index is 0.317. The first-order valence-electron chi connectivity index (χ1n) is 4.63. The zero-order chi connectivity index (χ0) is 11.5. The van der Waals surface area contributed by atoms with Gasteiger partial charge in [0.05, 0.1) is 11.9 Å². The lowest BCUT2D eigenvalue weighted by Gasteiger charge is -2.01. The van der Waals surface area contributed by atoms with E-state index in [2.05, 4.69) is 10.3 Å². The molecule has 3 nitrogen and oxygen atoms in total. The second-order valence-electron chi connectivity index (χ2n) is 3.19. The number of benzene rings is 1. The van der Waals surface area contributed by atoms with Crippen LogP contribution in [0, 0.1) is 5.82 Å². The number of alkyl halides is 1. The van der Waals surface area contributed by atoms with Gasteiger partial charge in [-0.05, 0) is 18.2 Å². The van der Waals surface area contributed by atoms with E-state index in [4.69, 9.17) is 23.2 Å². The molecule has 0 bridgehead atoms. The standard InChI is InChI=1S/C10H8Cl2FN3/c11-4-3-8-6-16(15-14-8)10-2-1-7(12)5-9(10)13/h1-2,5-6H,3-4H2. The average molecular weight is 260 g/mol. The Morgan fingerprint density at radius 3 is 2.88 bits per heavy atom. The molecule has 0 N–H and O–H groups in total. The maximum absolute atomic E-state index is 13.5. The molecule has 0 radical (unpaired) electrons. The highest BCUT2D eigenvalue weighted by Crippen LogP contribution is 2.17. The van der Waals surface area contributed by atoms with Crippen LogP contribution < -0.4 is 0 Å². The Balaban J connectivity index is 2.35. The molecule has 84 valence electrons. The van der Waals surface area contributed by atoms with Crippen LogP contribution in [0.4, 0.5) is 4.39 Å². The van der Waals surface area contributed by atoms with Gasteiger partial charge < -0.3 is 0 Å². The molecule has 0 aliphatic rings. The predicted molar refractivity (Wildman–Crippen MR) is 60.8 cm³/mol. The Bertz CT molecular complexity index is 499. The highest BCUT2D eigenvalue weighted by Gasteiger charge is 2.07. The fourth-order valence-corrected chi connectivity index (χ4v) is 1.65. The summed E-state index contributed by atoms with van der Waals surface area (Å²) in [5, 5.41) is 8.04. The monoisotopic (exact) mass is 259 g/mol. The van der Waals surface area contributed by atoms with Gasteiger partial charge in [-0.3, -0.25) is 0 Å². The van der Waals surface area contributed by atoms with Crippen molar-refractivity contribution >= 4 is 23.2 Å². The van der Waals surface area contributed by atoms with Gasteiger partial charge in [-0.2, -0.15) is 0 Å². The van der Waals surface area contributed by atoms with Crippen LogP contribution in [0.3, 0.4) is 0 Å². The van der Waals surface area contributed by atoms with Crippen LogP contribution in [0.15, 0.2) is 24.4 Å². The van der Waals surface area contributed by atoms with Crippen LogP contribution >= 0.6 is 23.2 Å². The van der Waals surface area contributed by atoms with E-state index in [1.165, 1.54) is 10.7 Å². The van der Waals surface area contributed by atoms with Crippen LogP contribution in [0.5, 0.6) is 0 Å². The van der Waals surface area contributed by atoms with Gasteiger partial charge >= 0.3 is 0 Å². The Morgan fingerprint density at radius 1 is 1.38 bits per heavy atom. The summed E-state index contributed by atoms with van der Waals surface area (Å²) in [5.74, 6) is 0.0248. The van der Waals surface area contributed by atoms with E-state index in [-0.39, 0.29) is 0 Å². The molecule has 0 saturated heterocycles. The molecule has 0 saturated carbocycles. The molecule has 0 amide bonds. The molecule has 1 heterocycles. The highest BCUT2D eigenvalue weighted by atomic mass is 35.5. The van der Waals surface area contributed by atoms with Crippen molar-refractivity contribution in [2.45, 2.75) is 6.42 Å². The van der Waals surface area contributed by atoms with Crippen molar-refractivity contribution in [2.24, 2.45) is 0 Å². The maximum atomic E-state index is 13.5. The first-order valence-corrected chi connectivity index (χ1v) is 5.54. The molecule has 0 unspecified atom stereocenters. The van der Waals surface area contributed by atoms with Gasteiger partial charge in [0.25, 0.3) is 0 Å². The van der Waals surface area contributed by atoms with Crippen LogP contribution in [0.2, 0.25) is 5.02 Å². The average Bonchev–Trinajstić information content (AvgIpc) is 2.67. The minimum Gasteiger partial charge on any atom is -0.217 e. The molecule has 2 rings (SSSR count). The molecule has 0 fully saturated rings. The number of rotatable bonds is 3. The molecule has 0 aliphatic heterocycles. The van der Waals surface area contributed by atoms with Gasteiger partial charge in [0.15, 0.2) is 0 Å². The third-order valence-electron chi connectivity index (χ3n) is 2.05. The quantitative estimate of drug-likeness (QED) is 0.794. The molecule has 0 spiro atoms. The van der Waals surface area contributed by atoms with Crippen LogP contribution in [0.1, 0.15) is 5.69 Å². The highest BCUT2D eigenvalue weighted by molar-refractivity contribution is 6.30. The van der Waals surface area contributed by atoms with E-state index >= 15 is 0 Å². The molecule has 0 atom stereocenters. The first kappa shape index (κ1) is 11.4. The SMILES string of the molecule is Fc1cc(Cl)ccc1-n1cc(CCCl)nn1. The van der Waals surface area contributed by atoms with Crippen molar-refractivity contribution in [1.29, 1.82) is 0 Å². The fourth-order valence-electron chi connectivity index (χ4n) is 1.29. The lowest BCUT2D eigenvalue weighted by atomic mass is 10.3. The summed E-state index contributed by atoms with van der Waals surface area (Å²) >= 11 is 11.2.